The third-order valence-electron chi connectivity index (χ3n) is 3.33. The smallest absolute Gasteiger partial charge is 0.224 e. The summed E-state index contributed by atoms with van der Waals surface area (Å²) in [5.74, 6) is 3.08. The number of carbonyl (C=O) groups excluding carboxylic acids is 1. The lowest BCUT2D eigenvalue weighted by Gasteiger charge is -2.10. The minimum atomic E-state index is 0.0721. The summed E-state index contributed by atoms with van der Waals surface area (Å²) in [6, 6.07) is 5.58. The van der Waals surface area contributed by atoms with Crippen molar-refractivity contribution in [3.05, 3.63) is 23.8 Å². The Balaban J connectivity index is 2.25. The van der Waals surface area contributed by atoms with Crippen LogP contribution in [0.5, 0.6) is 0 Å². The van der Waals surface area contributed by atoms with Crippen molar-refractivity contribution >= 4 is 29.0 Å². The lowest BCUT2D eigenvalue weighted by molar-refractivity contribution is -0.116. The van der Waals surface area contributed by atoms with E-state index in [1.165, 1.54) is 12.2 Å². The fourth-order valence-corrected chi connectivity index (χ4v) is 2.88. The molecule has 0 aliphatic rings. The number of nitrogen functional groups attached to an aromatic ring is 1. The molecule has 0 saturated heterocycles. The van der Waals surface area contributed by atoms with Crippen LogP contribution in [0.15, 0.2) is 18.2 Å². The summed E-state index contributed by atoms with van der Waals surface area (Å²) < 4.78 is 0. The number of rotatable bonds is 8. The summed E-state index contributed by atoms with van der Waals surface area (Å²) in [6.45, 7) is 6.45. The van der Waals surface area contributed by atoms with E-state index in [4.69, 9.17) is 5.73 Å². The molecule has 4 heteroatoms. The Morgan fingerprint density at radius 2 is 2.20 bits per heavy atom. The van der Waals surface area contributed by atoms with Crippen molar-refractivity contribution in [1.82, 2.24) is 0 Å². The van der Waals surface area contributed by atoms with E-state index in [0.29, 0.717) is 12.1 Å². The molecule has 0 saturated carbocycles. The van der Waals surface area contributed by atoms with Crippen molar-refractivity contribution in [2.45, 2.75) is 40.0 Å². The predicted molar refractivity (Wildman–Crippen MR) is 90.2 cm³/mol. The van der Waals surface area contributed by atoms with Crippen LogP contribution in [0.3, 0.4) is 0 Å². The molecular formula is C16H26N2OS. The Labute approximate surface area is 126 Å². The second-order valence-electron chi connectivity index (χ2n) is 5.31. The molecule has 1 unspecified atom stereocenters. The van der Waals surface area contributed by atoms with Crippen molar-refractivity contribution in [3.63, 3.8) is 0 Å². The van der Waals surface area contributed by atoms with Gasteiger partial charge in [-0.15, -0.1) is 0 Å². The molecule has 0 aromatic heterocycles. The second-order valence-corrected chi connectivity index (χ2v) is 6.46. The topological polar surface area (TPSA) is 55.1 Å². The number of anilines is 2. The van der Waals surface area contributed by atoms with Gasteiger partial charge in [0.15, 0.2) is 0 Å². The molecule has 3 nitrogen and oxygen atoms in total. The van der Waals surface area contributed by atoms with Crippen molar-refractivity contribution < 1.29 is 4.79 Å². The van der Waals surface area contributed by atoms with Gasteiger partial charge in [-0.1, -0.05) is 26.3 Å². The SMILES string of the molecule is CCC(C)CSCCCC(=O)Nc1cc(N)ccc1C. The lowest BCUT2D eigenvalue weighted by Crippen LogP contribution is -2.12. The number of amides is 1. The van der Waals surface area contributed by atoms with Crippen LogP contribution in [0.2, 0.25) is 0 Å². The highest BCUT2D eigenvalue weighted by Gasteiger charge is 2.05. The molecule has 1 aromatic carbocycles. The molecule has 0 radical (unpaired) electrons. The zero-order valence-electron chi connectivity index (χ0n) is 12.7. The summed E-state index contributed by atoms with van der Waals surface area (Å²) >= 11 is 1.94. The summed E-state index contributed by atoms with van der Waals surface area (Å²) in [5, 5.41) is 2.93. The normalized spacial score (nSPS) is 12.2. The van der Waals surface area contributed by atoms with Gasteiger partial charge in [0, 0.05) is 17.8 Å². The van der Waals surface area contributed by atoms with Gasteiger partial charge in [0.05, 0.1) is 0 Å². The van der Waals surface area contributed by atoms with E-state index in [1.54, 1.807) is 0 Å². The fraction of sp³-hybridized carbons (Fsp3) is 0.562. The van der Waals surface area contributed by atoms with E-state index >= 15 is 0 Å². The number of nitrogens with two attached hydrogens (primary N) is 1. The highest BCUT2D eigenvalue weighted by Crippen LogP contribution is 2.19. The molecule has 112 valence electrons. The highest BCUT2D eigenvalue weighted by atomic mass is 32.2. The van der Waals surface area contributed by atoms with Crippen LogP contribution in [-0.2, 0) is 4.79 Å². The van der Waals surface area contributed by atoms with Crippen LogP contribution >= 0.6 is 11.8 Å². The van der Waals surface area contributed by atoms with E-state index in [1.807, 2.05) is 36.9 Å². The third-order valence-corrected chi connectivity index (χ3v) is 4.71. The van der Waals surface area contributed by atoms with E-state index in [0.717, 1.165) is 29.3 Å². The van der Waals surface area contributed by atoms with Crippen molar-refractivity contribution in [2.24, 2.45) is 5.92 Å². The van der Waals surface area contributed by atoms with Crippen LogP contribution in [0.1, 0.15) is 38.7 Å². The molecule has 0 aliphatic carbocycles. The Hall–Kier alpha value is -1.16. The maximum Gasteiger partial charge on any atom is 0.224 e. The van der Waals surface area contributed by atoms with Crippen molar-refractivity contribution in [3.8, 4) is 0 Å². The predicted octanol–water partition coefficient (Wildman–Crippen LogP) is 4.08. The molecular weight excluding hydrogens is 268 g/mol. The largest absolute Gasteiger partial charge is 0.399 e. The van der Waals surface area contributed by atoms with Gasteiger partial charge in [-0.2, -0.15) is 11.8 Å². The quantitative estimate of drug-likeness (QED) is 0.561. The third kappa shape index (κ3) is 6.33. The molecule has 0 bridgehead atoms. The summed E-state index contributed by atoms with van der Waals surface area (Å²) in [4.78, 5) is 11.9. The number of carbonyl (C=O) groups is 1. The Bertz CT molecular complexity index is 434. The molecule has 1 atom stereocenters. The zero-order chi connectivity index (χ0) is 15.0. The number of thioether (sulfide) groups is 1. The molecule has 1 aromatic rings. The lowest BCUT2D eigenvalue weighted by atomic mass is 10.1. The highest BCUT2D eigenvalue weighted by molar-refractivity contribution is 7.99. The second kappa shape index (κ2) is 8.90. The summed E-state index contributed by atoms with van der Waals surface area (Å²) in [7, 11) is 0. The van der Waals surface area contributed by atoms with Gasteiger partial charge in [-0.05, 0) is 48.5 Å². The molecule has 0 fully saturated rings. The minimum Gasteiger partial charge on any atom is -0.399 e. The first-order valence-electron chi connectivity index (χ1n) is 7.26. The summed E-state index contributed by atoms with van der Waals surface area (Å²) in [5.41, 5.74) is 8.27. The van der Waals surface area contributed by atoms with Crippen molar-refractivity contribution in [2.75, 3.05) is 22.6 Å². The standard InChI is InChI=1S/C16H26N2OS/c1-4-12(2)11-20-9-5-6-16(19)18-15-10-14(17)8-7-13(15)3/h7-8,10,12H,4-6,9,11,17H2,1-3H3,(H,18,19). The Morgan fingerprint density at radius 1 is 1.45 bits per heavy atom. The van der Waals surface area contributed by atoms with Crippen LogP contribution in [-0.4, -0.2) is 17.4 Å². The molecule has 1 amide bonds. The van der Waals surface area contributed by atoms with Gasteiger partial charge in [0.2, 0.25) is 5.91 Å². The van der Waals surface area contributed by atoms with E-state index in [-0.39, 0.29) is 5.91 Å². The number of nitrogens with one attached hydrogen (secondary N) is 1. The van der Waals surface area contributed by atoms with E-state index in [2.05, 4.69) is 19.2 Å². The first-order chi connectivity index (χ1) is 9.52. The Kier molecular flexibility index (Phi) is 7.52. The van der Waals surface area contributed by atoms with E-state index < -0.39 is 0 Å². The molecule has 20 heavy (non-hydrogen) atoms. The van der Waals surface area contributed by atoms with Gasteiger partial charge >= 0.3 is 0 Å². The average Bonchev–Trinajstić information content (AvgIpc) is 2.42. The summed E-state index contributed by atoms with van der Waals surface area (Å²) in [6.07, 6.45) is 2.72. The monoisotopic (exact) mass is 294 g/mol. The van der Waals surface area contributed by atoms with Crippen LogP contribution in [0.25, 0.3) is 0 Å². The molecule has 0 spiro atoms. The van der Waals surface area contributed by atoms with Gasteiger partial charge < -0.3 is 11.1 Å². The number of hydrogen-bond acceptors (Lipinski definition) is 3. The zero-order valence-corrected chi connectivity index (χ0v) is 13.6. The molecule has 1 rings (SSSR count). The molecule has 0 heterocycles. The van der Waals surface area contributed by atoms with Gasteiger partial charge in [0.1, 0.15) is 0 Å². The van der Waals surface area contributed by atoms with Crippen LogP contribution < -0.4 is 11.1 Å². The van der Waals surface area contributed by atoms with Crippen LogP contribution in [0, 0.1) is 12.8 Å². The van der Waals surface area contributed by atoms with Gasteiger partial charge in [-0.25, -0.2) is 0 Å². The maximum atomic E-state index is 11.9. The molecule has 0 aliphatic heterocycles. The fourth-order valence-electron chi connectivity index (χ4n) is 1.72. The maximum absolute atomic E-state index is 11.9. The van der Waals surface area contributed by atoms with Crippen LogP contribution in [0.4, 0.5) is 11.4 Å². The Morgan fingerprint density at radius 3 is 2.90 bits per heavy atom. The number of aryl methyl sites for hydroxylation is 1. The first kappa shape index (κ1) is 16.9. The number of hydrogen-bond donors (Lipinski definition) is 2. The average molecular weight is 294 g/mol. The minimum absolute atomic E-state index is 0.0721. The molecule has 3 N–H and O–H groups in total. The first-order valence-corrected chi connectivity index (χ1v) is 8.42. The van der Waals surface area contributed by atoms with Gasteiger partial charge in [-0.3, -0.25) is 4.79 Å². The number of benzene rings is 1. The van der Waals surface area contributed by atoms with E-state index in [9.17, 15) is 4.79 Å². The van der Waals surface area contributed by atoms with Gasteiger partial charge in [0.25, 0.3) is 0 Å². The van der Waals surface area contributed by atoms with Crippen molar-refractivity contribution in [1.29, 1.82) is 0 Å².